The maximum Gasteiger partial charge on any atom is 0.123 e. The van der Waals surface area contributed by atoms with Gasteiger partial charge in [0.05, 0.1) is 12.4 Å². The number of hydrogen-bond donors (Lipinski definition) is 0. The van der Waals surface area contributed by atoms with E-state index in [0.29, 0.717) is 0 Å². The molecule has 2 nitrogen and oxygen atoms in total. The van der Waals surface area contributed by atoms with Gasteiger partial charge in [0, 0.05) is 0 Å². The Morgan fingerprint density at radius 1 is 0.611 bits per heavy atom. The minimum atomic E-state index is -0.290. The molecule has 0 aliphatic heterocycles. The molecule has 0 saturated carbocycles. The van der Waals surface area contributed by atoms with Crippen molar-refractivity contribution in [1.29, 1.82) is 0 Å². The van der Waals surface area contributed by atoms with Crippen LogP contribution in [0.1, 0.15) is 11.1 Å². The Labute approximate surface area is 103 Å². The average molecular weight is 244 g/mol. The van der Waals surface area contributed by atoms with Crippen LogP contribution in [0.3, 0.4) is 0 Å². The third-order valence-electron chi connectivity index (χ3n) is 2.22. The van der Waals surface area contributed by atoms with Crippen LogP contribution in [0.4, 0.5) is 8.78 Å². The molecule has 0 spiro atoms. The van der Waals surface area contributed by atoms with Crippen molar-refractivity contribution >= 4 is 12.4 Å². The molecule has 0 fully saturated rings. The quantitative estimate of drug-likeness (QED) is 0.584. The smallest absolute Gasteiger partial charge is 0.123 e. The molecule has 0 aromatic heterocycles. The molecule has 0 N–H and O–H groups in total. The molecule has 2 aromatic rings. The van der Waals surface area contributed by atoms with Crippen LogP contribution in [0.5, 0.6) is 0 Å². The molecule has 2 rings (SSSR count). The fraction of sp³-hybridized carbons (Fsp3) is 0. The van der Waals surface area contributed by atoms with Crippen LogP contribution in [-0.4, -0.2) is 12.4 Å². The Kier molecular flexibility index (Phi) is 3.91. The summed E-state index contributed by atoms with van der Waals surface area (Å²) >= 11 is 0. The van der Waals surface area contributed by atoms with E-state index in [2.05, 4.69) is 10.2 Å². The molecule has 0 aliphatic carbocycles. The second-order valence-electron chi connectivity index (χ2n) is 3.59. The predicted molar refractivity (Wildman–Crippen MR) is 68.0 cm³/mol. The van der Waals surface area contributed by atoms with E-state index in [1.54, 1.807) is 24.3 Å². The van der Waals surface area contributed by atoms with Gasteiger partial charge >= 0.3 is 0 Å². The Morgan fingerprint density at radius 3 is 1.28 bits per heavy atom. The van der Waals surface area contributed by atoms with Crippen LogP contribution in [0.2, 0.25) is 0 Å². The van der Waals surface area contributed by atoms with Crippen molar-refractivity contribution in [3.8, 4) is 0 Å². The highest BCUT2D eigenvalue weighted by molar-refractivity contribution is 5.82. The standard InChI is InChI=1S/C14H10F2N2/c15-13-5-1-11(2-6-13)9-17-18-10-12-3-7-14(16)8-4-12/h1-10H/b17-9-,18-10+. The lowest BCUT2D eigenvalue weighted by molar-refractivity contribution is 0.627. The number of halogens is 2. The summed E-state index contributed by atoms with van der Waals surface area (Å²) < 4.78 is 25.2. The monoisotopic (exact) mass is 244 g/mol. The first-order valence-electron chi connectivity index (χ1n) is 5.31. The normalized spacial score (nSPS) is 11.4. The maximum atomic E-state index is 12.6. The second-order valence-corrected chi connectivity index (χ2v) is 3.59. The van der Waals surface area contributed by atoms with E-state index in [1.165, 1.54) is 36.7 Å². The molecule has 18 heavy (non-hydrogen) atoms. The summed E-state index contributed by atoms with van der Waals surface area (Å²) in [5, 5.41) is 7.63. The van der Waals surface area contributed by atoms with Gasteiger partial charge in [-0.25, -0.2) is 8.78 Å². The van der Waals surface area contributed by atoms with Crippen LogP contribution < -0.4 is 0 Å². The zero-order valence-corrected chi connectivity index (χ0v) is 9.42. The van der Waals surface area contributed by atoms with Gasteiger partial charge in [0.15, 0.2) is 0 Å². The minimum absolute atomic E-state index is 0.290. The van der Waals surface area contributed by atoms with E-state index >= 15 is 0 Å². The molecule has 0 aliphatic rings. The zero-order valence-electron chi connectivity index (χ0n) is 9.42. The van der Waals surface area contributed by atoms with Crippen LogP contribution in [0, 0.1) is 11.6 Å². The maximum absolute atomic E-state index is 12.6. The van der Waals surface area contributed by atoms with Crippen molar-refractivity contribution in [2.75, 3.05) is 0 Å². The Balaban J connectivity index is 1.98. The van der Waals surface area contributed by atoms with Crippen LogP contribution >= 0.6 is 0 Å². The van der Waals surface area contributed by atoms with Gasteiger partial charge in [-0.15, -0.1) is 0 Å². The summed E-state index contributed by atoms with van der Waals surface area (Å²) in [6, 6.07) is 11.8. The second kappa shape index (κ2) is 5.82. The van der Waals surface area contributed by atoms with E-state index in [9.17, 15) is 8.78 Å². The molecular weight excluding hydrogens is 234 g/mol. The van der Waals surface area contributed by atoms with E-state index in [-0.39, 0.29) is 11.6 Å². The summed E-state index contributed by atoms with van der Waals surface area (Å²) in [5.74, 6) is -0.580. The predicted octanol–water partition coefficient (Wildman–Crippen LogP) is 3.42. The highest BCUT2D eigenvalue weighted by Gasteiger charge is 1.90. The van der Waals surface area contributed by atoms with Crippen molar-refractivity contribution in [3.05, 3.63) is 71.3 Å². The lowest BCUT2D eigenvalue weighted by Gasteiger charge is -1.91. The van der Waals surface area contributed by atoms with Gasteiger partial charge in [0.2, 0.25) is 0 Å². The third kappa shape index (κ3) is 3.59. The van der Waals surface area contributed by atoms with Crippen LogP contribution in [0.15, 0.2) is 58.7 Å². The van der Waals surface area contributed by atoms with Crippen molar-refractivity contribution in [1.82, 2.24) is 0 Å². The summed E-state index contributed by atoms with van der Waals surface area (Å²) in [4.78, 5) is 0. The van der Waals surface area contributed by atoms with Crippen molar-refractivity contribution in [2.24, 2.45) is 10.2 Å². The van der Waals surface area contributed by atoms with E-state index in [4.69, 9.17) is 0 Å². The molecule has 0 amide bonds. The molecule has 0 unspecified atom stereocenters. The molecule has 0 bridgehead atoms. The van der Waals surface area contributed by atoms with Gasteiger partial charge in [0.25, 0.3) is 0 Å². The van der Waals surface area contributed by atoms with Crippen molar-refractivity contribution < 1.29 is 8.78 Å². The lowest BCUT2D eigenvalue weighted by Crippen LogP contribution is -1.82. The molecule has 0 saturated heterocycles. The number of hydrogen-bond acceptors (Lipinski definition) is 2. The average Bonchev–Trinajstić information content (AvgIpc) is 2.39. The Bertz CT molecular complexity index is 504. The molecule has 0 radical (unpaired) electrons. The Hall–Kier alpha value is -2.36. The van der Waals surface area contributed by atoms with Gasteiger partial charge in [-0.3, -0.25) is 0 Å². The Morgan fingerprint density at radius 2 is 0.944 bits per heavy atom. The van der Waals surface area contributed by atoms with Gasteiger partial charge in [-0.2, -0.15) is 10.2 Å². The SMILES string of the molecule is Fc1ccc(/C=N\N=C\c2ccc(F)cc2)cc1. The van der Waals surface area contributed by atoms with Gasteiger partial charge < -0.3 is 0 Å². The fourth-order valence-electron chi connectivity index (χ4n) is 1.30. The van der Waals surface area contributed by atoms with E-state index < -0.39 is 0 Å². The first-order chi connectivity index (χ1) is 8.74. The number of nitrogens with zero attached hydrogens (tertiary/aromatic N) is 2. The largest absolute Gasteiger partial charge is 0.207 e. The third-order valence-corrected chi connectivity index (χ3v) is 2.22. The summed E-state index contributed by atoms with van der Waals surface area (Å²) in [7, 11) is 0. The van der Waals surface area contributed by atoms with E-state index in [1.807, 2.05) is 0 Å². The first-order valence-corrected chi connectivity index (χ1v) is 5.31. The molecule has 4 heteroatoms. The lowest BCUT2D eigenvalue weighted by atomic mass is 10.2. The topological polar surface area (TPSA) is 24.7 Å². The van der Waals surface area contributed by atoms with Crippen LogP contribution in [0.25, 0.3) is 0 Å². The van der Waals surface area contributed by atoms with Crippen molar-refractivity contribution in [2.45, 2.75) is 0 Å². The molecule has 2 aromatic carbocycles. The molecule has 0 heterocycles. The highest BCUT2D eigenvalue weighted by atomic mass is 19.1. The summed E-state index contributed by atoms with van der Waals surface area (Å²) in [5.41, 5.74) is 1.51. The van der Waals surface area contributed by atoms with Crippen LogP contribution in [-0.2, 0) is 0 Å². The molecule has 0 atom stereocenters. The summed E-state index contributed by atoms with van der Waals surface area (Å²) in [6.45, 7) is 0. The molecular formula is C14H10F2N2. The minimum Gasteiger partial charge on any atom is -0.207 e. The fourth-order valence-corrected chi connectivity index (χ4v) is 1.30. The highest BCUT2D eigenvalue weighted by Crippen LogP contribution is 2.01. The number of rotatable bonds is 3. The van der Waals surface area contributed by atoms with Crippen molar-refractivity contribution in [3.63, 3.8) is 0 Å². The van der Waals surface area contributed by atoms with E-state index in [0.717, 1.165) is 11.1 Å². The van der Waals surface area contributed by atoms with Gasteiger partial charge in [-0.1, -0.05) is 24.3 Å². The van der Waals surface area contributed by atoms with Gasteiger partial charge in [0.1, 0.15) is 11.6 Å². The van der Waals surface area contributed by atoms with Gasteiger partial charge in [-0.05, 0) is 35.4 Å². The zero-order chi connectivity index (χ0) is 12.8. The first kappa shape index (κ1) is 12.1. The summed E-state index contributed by atoms with van der Waals surface area (Å²) in [6.07, 6.45) is 3.03. The molecule has 90 valence electrons. The number of benzene rings is 2.